The highest BCUT2D eigenvalue weighted by molar-refractivity contribution is 6.10. The summed E-state index contributed by atoms with van der Waals surface area (Å²) in [7, 11) is 1.57. The number of unbranched alkanes of at least 4 members (excludes halogenated alkanes) is 3. The van der Waals surface area contributed by atoms with Crippen LogP contribution in [-0.2, 0) is 4.79 Å². The number of ether oxygens (including phenoxy) is 2. The number of nitrogens with one attached hydrogen (secondary N) is 1. The maximum Gasteiger partial charge on any atom is 0.266 e. The average molecular weight is 407 g/mol. The molecule has 2 rings (SSSR count). The molecule has 5 heteroatoms. The van der Waals surface area contributed by atoms with Crippen molar-refractivity contribution in [1.82, 2.24) is 0 Å². The fourth-order valence-corrected chi connectivity index (χ4v) is 3.00. The summed E-state index contributed by atoms with van der Waals surface area (Å²) in [5, 5.41) is 12.3. The van der Waals surface area contributed by atoms with Gasteiger partial charge in [0.1, 0.15) is 11.6 Å². The van der Waals surface area contributed by atoms with Gasteiger partial charge in [-0.2, -0.15) is 5.26 Å². The molecule has 2 aromatic carbocycles. The smallest absolute Gasteiger partial charge is 0.266 e. The number of nitrogens with zero attached hydrogens (tertiary/aromatic N) is 1. The molecule has 0 aliphatic rings. The van der Waals surface area contributed by atoms with E-state index in [0.717, 1.165) is 24.0 Å². The number of hydrogen-bond acceptors (Lipinski definition) is 4. The quantitative estimate of drug-likeness (QED) is 0.307. The van der Waals surface area contributed by atoms with Gasteiger partial charge < -0.3 is 14.8 Å². The van der Waals surface area contributed by atoms with Crippen LogP contribution in [0.2, 0.25) is 0 Å². The van der Waals surface area contributed by atoms with Crippen molar-refractivity contribution < 1.29 is 14.3 Å². The highest BCUT2D eigenvalue weighted by Gasteiger charge is 2.12. The van der Waals surface area contributed by atoms with E-state index in [-0.39, 0.29) is 5.57 Å². The fourth-order valence-electron chi connectivity index (χ4n) is 3.00. The first-order valence-electron chi connectivity index (χ1n) is 10.3. The van der Waals surface area contributed by atoms with E-state index in [9.17, 15) is 10.1 Å². The van der Waals surface area contributed by atoms with Crippen molar-refractivity contribution in [3.63, 3.8) is 0 Å². The first kappa shape index (κ1) is 23.0. The number of hydrogen-bond donors (Lipinski definition) is 1. The van der Waals surface area contributed by atoms with Gasteiger partial charge in [0.2, 0.25) is 0 Å². The number of aryl methyl sites for hydroxylation is 1. The lowest BCUT2D eigenvalue weighted by molar-refractivity contribution is -0.112. The third kappa shape index (κ3) is 6.38. The van der Waals surface area contributed by atoms with Gasteiger partial charge >= 0.3 is 0 Å². The molecule has 0 aromatic heterocycles. The number of nitriles is 1. The molecule has 0 spiro atoms. The van der Waals surface area contributed by atoms with Gasteiger partial charge in [-0.25, -0.2) is 0 Å². The van der Waals surface area contributed by atoms with Gasteiger partial charge in [-0.1, -0.05) is 44.4 Å². The first-order valence-corrected chi connectivity index (χ1v) is 10.3. The molecule has 0 fully saturated rings. The van der Waals surface area contributed by atoms with Crippen LogP contribution in [0.1, 0.15) is 49.3 Å². The van der Waals surface area contributed by atoms with Gasteiger partial charge in [0, 0.05) is 5.69 Å². The molecule has 5 nitrogen and oxygen atoms in total. The van der Waals surface area contributed by atoms with Crippen LogP contribution in [-0.4, -0.2) is 19.6 Å². The third-order valence-corrected chi connectivity index (χ3v) is 4.97. The van der Waals surface area contributed by atoms with Crippen molar-refractivity contribution in [3.8, 4) is 17.6 Å². The van der Waals surface area contributed by atoms with Crippen LogP contribution in [0.25, 0.3) is 6.08 Å². The van der Waals surface area contributed by atoms with E-state index in [4.69, 9.17) is 9.47 Å². The lowest BCUT2D eigenvalue weighted by atomic mass is 10.1. The van der Waals surface area contributed by atoms with Crippen molar-refractivity contribution in [1.29, 1.82) is 5.26 Å². The molecule has 0 saturated heterocycles. The van der Waals surface area contributed by atoms with Crippen LogP contribution in [0.15, 0.2) is 42.0 Å². The minimum Gasteiger partial charge on any atom is -0.493 e. The van der Waals surface area contributed by atoms with Crippen molar-refractivity contribution in [2.24, 2.45) is 0 Å². The Morgan fingerprint density at radius 1 is 1.13 bits per heavy atom. The number of anilines is 1. The molecule has 0 unspecified atom stereocenters. The van der Waals surface area contributed by atoms with Crippen molar-refractivity contribution in [3.05, 3.63) is 58.7 Å². The van der Waals surface area contributed by atoms with Crippen LogP contribution < -0.4 is 14.8 Å². The number of rotatable bonds is 10. The molecule has 1 amide bonds. The molecule has 2 aromatic rings. The first-order chi connectivity index (χ1) is 14.5. The molecule has 0 bridgehead atoms. The van der Waals surface area contributed by atoms with Crippen LogP contribution in [0.4, 0.5) is 5.69 Å². The number of methoxy groups -OCH3 is 1. The van der Waals surface area contributed by atoms with Crippen LogP contribution >= 0.6 is 0 Å². The average Bonchev–Trinajstić information content (AvgIpc) is 2.75. The standard InChI is InChI=1S/C25H30N2O3/c1-5-6-7-8-14-30-23-13-12-20(16-24(23)29-4)15-21(17-26)25(28)27-22-11-9-10-18(2)19(22)3/h9-13,15-16H,5-8,14H2,1-4H3,(H,27,28). The lowest BCUT2D eigenvalue weighted by Gasteiger charge is -2.12. The van der Waals surface area contributed by atoms with Crippen molar-refractivity contribution in [2.75, 3.05) is 19.0 Å². The molecule has 0 saturated carbocycles. The van der Waals surface area contributed by atoms with E-state index >= 15 is 0 Å². The highest BCUT2D eigenvalue weighted by atomic mass is 16.5. The van der Waals surface area contributed by atoms with Gasteiger partial charge in [0.25, 0.3) is 5.91 Å². The van der Waals surface area contributed by atoms with E-state index in [2.05, 4.69) is 12.2 Å². The van der Waals surface area contributed by atoms with Gasteiger partial charge in [0.15, 0.2) is 11.5 Å². The fraction of sp³-hybridized carbons (Fsp3) is 0.360. The Bertz CT molecular complexity index is 942. The molecule has 158 valence electrons. The predicted octanol–water partition coefficient (Wildman–Crippen LogP) is 5.82. The summed E-state index contributed by atoms with van der Waals surface area (Å²) < 4.78 is 11.2. The summed E-state index contributed by atoms with van der Waals surface area (Å²) >= 11 is 0. The summed E-state index contributed by atoms with van der Waals surface area (Å²) in [5.74, 6) is 0.789. The summed E-state index contributed by atoms with van der Waals surface area (Å²) in [4.78, 5) is 12.6. The molecule has 0 heterocycles. The Morgan fingerprint density at radius 2 is 1.93 bits per heavy atom. The summed E-state index contributed by atoms with van der Waals surface area (Å²) in [6.45, 7) is 6.72. The van der Waals surface area contributed by atoms with Crippen LogP contribution in [0.3, 0.4) is 0 Å². The monoisotopic (exact) mass is 406 g/mol. The molecule has 0 atom stereocenters. The second-order valence-corrected chi connectivity index (χ2v) is 7.19. The van der Waals surface area contributed by atoms with Crippen molar-refractivity contribution >= 4 is 17.7 Å². The Kier molecular flexibility index (Phi) is 8.96. The summed E-state index contributed by atoms with van der Waals surface area (Å²) in [6, 6.07) is 13.1. The molecular weight excluding hydrogens is 376 g/mol. The topological polar surface area (TPSA) is 71.3 Å². The molecule has 1 N–H and O–H groups in total. The number of benzene rings is 2. The van der Waals surface area contributed by atoms with E-state index in [1.165, 1.54) is 12.8 Å². The number of amides is 1. The normalized spacial score (nSPS) is 11.0. The molecule has 0 aliphatic carbocycles. The van der Waals surface area contributed by atoms with Crippen LogP contribution in [0, 0.1) is 25.2 Å². The minimum absolute atomic E-state index is 0.0196. The Labute approximate surface area is 179 Å². The molecule has 0 radical (unpaired) electrons. The van der Waals surface area contributed by atoms with E-state index in [1.807, 2.05) is 50.2 Å². The Hall–Kier alpha value is -3.26. The van der Waals surface area contributed by atoms with Gasteiger partial charge in [-0.3, -0.25) is 4.79 Å². The van der Waals surface area contributed by atoms with E-state index < -0.39 is 5.91 Å². The van der Waals surface area contributed by atoms with Gasteiger partial charge in [-0.15, -0.1) is 0 Å². The van der Waals surface area contributed by atoms with E-state index in [0.29, 0.717) is 29.4 Å². The third-order valence-electron chi connectivity index (χ3n) is 4.97. The maximum atomic E-state index is 12.6. The molecule has 0 aliphatic heterocycles. The highest BCUT2D eigenvalue weighted by Crippen LogP contribution is 2.29. The maximum absolute atomic E-state index is 12.6. The van der Waals surface area contributed by atoms with Gasteiger partial charge in [-0.05, 0) is 61.2 Å². The Balaban J connectivity index is 2.13. The number of carbonyl (C=O) groups excluding carboxylic acids is 1. The zero-order valence-electron chi connectivity index (χ0n) is 18.2. The lowest BCUT2D eigenvalue weighted by Crippen LogP contribution is -2.14. The largest absolute Gasteiger partial charge is 0.493 e. The predicted molar refractivity (Wildman–Crippen MR) is 121 cm³/mol. The molecular formula is C25H30N2O3. The number of carbonyl (C=O) groups is 1. The second kappa shape index (κ2) is 11.7. The van der Waals surface area contributed by atoms with E-state index in [1.54, 1.807) is 19.3 Å². The SMILES string of the molecule is CCCCCCOc1ccc(C=C(C#N)C(=O)Nc2cccc(C)c2C)cc1OC. The zero-order valence-corrected chi connectivity index (χ0v) is 18.2. The second-order valence-electron chi connectivity index (χ2n) is 7.19. The minimum atomic E-state index is -0.443. The van der Waals surface area contributed by atoms with Crippen LogP contribution in [0.5, 0.6) is 11.5 Å². The Morgan fingerprint density at radius 3 is 2.63 bits per heavy atom. The van der Waals surface area contributed by atoms with Crippen molar-refractivity contribution in [2.45, 2.75) is 46.5 Å². The van der Waals surface area contributed by atoms with Gasteiger partial charge in [0.05, 0.1) is 13.7 Å². The zero-order chi connectivity index (χ0) is 21.9. The molecule has 30 heavy (non-hydrogen) atoms. The summed E-state index contributed by atoms with van der Waals surface area (Å²) in [5.41, 5.74) is 3.46. The summed E-state index contributed by atoms with van der Waals surface area (Å²) in [6.07, 6.45) is 6.07.